The molecule has 0 atom stereocenters. The molecule has 142 valence electrons. The number of rotatable bonds is 6. The van der Waals surface area contributed by atoms with Crippen LogP contribution in [0.1, 0.15) is 23.8 Å². The minimum Gasteiger partial charge on any atom is -0.351 e. The summed E-state index contributed by atoms with van der Waals surface area (Å²) in [6.07, 6.45) is 0.987. The molecule has 0 saturated carbocycles. The molecule has 1 amide bonds. The van der Waals surface area contributed by atoms with Crippen LogP contribution < -0.4 is 5.32 Å². The maximum Gasteiger partial charge on any atom is 0.267 e. The lowest BCUT2D eigenvalue weighted by Crippen LogP contribution is -2.46. The first-order valence-electron chi connectivity index (χ1n) is 9.98. The van der Waals surface area contributed by atoms with Crippen molar-refractivity contribution in [1.29, 1.82) is 0 Å². The standard InChI is InChI=1S/C22H28N4O/c1-2-25-12-14-26(15-13-25)11-5-10-23-22(27)21-16-19-18-7-4-3-6-17(18)8-9-20(19)24-21/h3-4,6-9,16,24H,2,5,10-15H2,1H3,(H,23,27). The topological polar surface area (TPSA) is 51.4 Å². The number of hydrogen-bond acceptors (Lipinski definition) is 3. The molecular weight excluding hydrogens is 336 g/mol. The van der Waals surface area contributed by atoms with E-state index in [-0.39, 0.29) is 5.91 Å². The zero-order valence-electron chi connectivity index (χ0n) is 16.0. The number of amides is 1. The lowest BCUT2D eigenvalue weighted by atomic mass is 10.1. The summed E-state index contributed by atoms with van der Waals surface area (Å²) in [6, 6.07) is 14.4. The Bertz CT molecular complexity index is 924. The number of carbonyl (C=O) groups excluding carboxylic acids is 1. The van der Waals surface area contributed by atoms with Gasteiger partial charge in [0.15, 0.2) is 0 Å². The number of fused-ring (bicyclic) bond motifs is 3. The molecule has 5 nitrogen and oxygen atoms in total. The average molecular weight is 364 g/mol. The predicted molar refractivity (Wildman–Crippen MR) is 111 cm³/mol. The Morgan fingerprint density at radius 3 is 2.63 bits per heavy atom. The van der Waals surface area contributed by atoms with Gasteiger partial charge >= 0.3 is 0 Å². The molecule has 0 bridgehead atoms. The average Bonchev–Trinajstić information content (AvgIpc) is 3.16. The summed E-state index contributed by atoms with van der Waals surface area (Å²) in [4.78, 5) is 20.8. The maximum absolute atomic E-state index is 12.5. The highest BCUT2D eigenvalue weighted by molar-refractivity contribution is 6.09. The molecule has 2 N–H and O–H groups in total. The van der Waals surface area contributed by atoms with Crippen LogP contribution in [-0.2, 0) is 0 Å². The second kappa shape index (κ2) is 8.11. The fraction of sp³-hybridized carbons (Fsp3) is 0.409. The van der Waals surface area contributed by atoms with Crippen molar-refractivity contribution in [3.05, 3.63) is 48.2 Å². The van der Waals surface area contributed by atoms with Gasteiger partial charge in [-0.25, -0.2) is 0 Å². The van der Waals surface area contributed by atoms with Gasteiger partial charge < -0.3 is 20.1 Å². The Hall–Kier alpha value is -2.37. The molecule has 27 heavy (non-hydrogen) atoms. The smallest absolute Gasteiger partial charge is 0.267 e. The lowest BCUT2D eigenvalue weighted by Gasteiger charge is -2.33. The molecule has 1 aromatic heterocycles. The van der Waals surface area contributed by atoms with Gasteiger partial charge in [-0.1, -0.05) is 37.3 Å². The fourth-order valence-electron chi connectivity index (χ4n) is 3.94. The molecule has 1 aliphatic rings. The molecule has 1 saturated heterocycles. The van der Waals surface area contributed by atoms with Crippen LogP contribution in [0.15, 0.2) is 42.5 Å². The number of aromatic amines is 1. The van der Waals surface area contributed by atoms with E-state index in [1.54, 1.807) is 0 Å². The van der Waals surface area contributed by atoms with Crippen molar-refractivity contribution < 1.29 is 4.79 Å². The second-order valence-electron chi connectivity index (χ2n) is 7.32. The van der Waals surface area contributed by atoms with Crippen molar-refractivity contribution in [2.45, 2.75) is 13.3 Å². The molecular formula is C22H28N4O. The Labute approximate surface area is 160 Å². The Morgan fingerprint density at radius 2 is 1.81 bits per heavy atom. The summed E-state index contributed by atoms with van der Waals surface area (Å²) in [7, 11) is 0. The van der Waals surface area contributed by atoms with Crippen LogP contribution in [0.5, 0.6) is 0 Å². The Morgan fingerprint density at radius 1 is 1.04 bits per heavy atom. The molecule has 1 fully saturated rings. The third-order valence-electron chi connectivity index (χ3n) is 5.62. The zero-order valence-corrected chi connectivity index (χ0v) is 16.0. The van der Waals surface area contributed by atoms with Crippen LogP contribution in [0.4, 0.5) is 0 Å². The number of hydrogen-bond donors (Lipinski definition) is 2. The fourth-order valence-corrected chi connectivity index (χ4v) is 3.94. The first-order valence-corrected chi connectivity index (χ1v) is 9.98. The van der Waals surface area contributed by atoms with E-state index in [0.29, 0.717) is 12.2 Å². The van der Waals surface area contributed by atoms with E-state index < -0.39 is 0 Å². The Kier molecular flexibility index (Phi) is 5.41. The summed E-state index contributed by atoms with van der Waals surface area (Å²) in [5, 5.41) is 6.53. The minimum absolute atomic E-state index is 0.0221. The molecule has 0 aliphatic carbocycles. The van der Waals surface area contributed by atoms with Gasteiger partial charge in [0.2, 0.25) is 0 Å². The van der Waals surface area contributed by atoms with Gasteiger partial charge in [-0.2, -0.15) is 0 Å². The molecule has 3 aromatic rings. The van der Waals surface area contributed by atoms with Gasteiger partial charge in [0.05, 0.1) is 0 Å². The summed E-state index contributed by atoms with van der Waals surface area (Å²) in [6.45, 7) is 9.71. The van der Waals surface area contributed by atoms with E-state index in [1.807, 2.05) is 24.3 Å². The van der Waals surface area contributed by atoms with Crippen molar-refractivity contribution in [2.24, 2.45) is 0 Å². The third-order valence-corrected chi connectivity index (χ3v) is 5.62. The van der Waals surface area contributed by atoms with E-state index >= 15 is 0 Å². The Balaban J connectivity index is 1.32. The van der Waals surface area contributed by atoms with Crippen molar-refractivity contribution in [3.63, 3.8) is 0 Å². The molecule has 5 heteroatoms. The number of carbonyl (C=O) groups is 1. The number of benzene rings is 2. The van der Waals surface area contributed by atoms with Crippen LogP contribution in [0.3, 0.4) is 0 Å². The predicted octanol–water partition coefficient (Wildman–Crippen LogP) is 3.08. The van der Waals surface area contributed by atoms with E-state index in [9.17, 15) is 4.79 Å². The van der Waals surface area contributed by atoms with Crippen molar-refractivity contribution >= 4 is 27.6 Å². The van der Waals surface area contributed by atoms with Gasteiger partial charge in [-0.3, -0.25) is 4.79 Å². The van der Waals surface area contributed by atoms with E-state index in [1.165, 1.54) is 10.8 Å². The van der Waals surface area contributed by atoms with E-state index in [0.717, 1.165) is 56.6 Å². The van der Waals surface area contributed by atoms with Crippen molar-refractivity contribution in [2.75, 3.05) is 45.8 Å². The van der Waals surface area contributed by atoms with Crippen molar-refractivity contribution in [1.82, 2.24) is 20.1 Å². The SMILES string of the molecule is CCN1CCN(CCCNC(=O)c2cc3c(ccc4ccccc43)[nH]2)CC1. The second-order valence-corrected chi connectivity index (χ2v) is 7.32. The van der Waals surface area contributed by atoms with Gasteiger partial charge in [0.1, 0.15) is 5.69 Å². The molecule has 2 heterocycles. The number of nitrogens with zero attached hydrogens (tertiary/aromatic N) is 2. The number of likely N-dealkylation sites (N-methyl/N-ethyl adjacent to an activating group) is 1. The largest absolute Gasteiger partial charge is 0.351 e. The molecule has 4 rings (SSSR count). The minimum atomic E-state index is -0.0221. The molecule has 1 aliphatic heterocycles. The number of H-pyrrole nitrogens is 1. The number of nitrogens with one attached hydrogen (secondary N) is 2. The molecule has 2 aromatic carbocycles. The highest BCUT2D eigenvalue weighted by atomic mass is 16.1. The molecule has 0 radical (unpaired) electrons. The molecule has 0 unspecified atom stereocenters. The summed E-state index contributed by atoms with van der Waals surface area (Å²) in [5.41, 5.74) is 1.64. The van der Waals surface area contributed by atoms with Gasteiger partial charge in [0, 0.05) is 43.6 Å². The third kappa shape index (κ3) is 3.99. The van der Waals surface area contributed by atoms with Gasteiger partial charge in [0.25, 0.3) is 5.91 Å². The zero-order chi connectivity index (χ0) is 18.6. The summed E-state index contributed by atoms with van der Waals surface area (Å²) < 4.78 is 0. The highest BCUT2D eigenvalue weighted by Crippen LogP contribution is 2.25. The van der Waals surface area contributed by atoms with Crippen molar-refractivity contribution in [3.8, 4) is 0 Å². The van der Waals surface area contributed by atoms with Crippen LogP contribution in [-0.4, -0.2) is 66.5 Å². The van der Waals surface area contributed by atoms with E-state index in [4.69, 9.17) is 0 Å². The summed E-state index contributed by atoms with van der Waals surface area (Å²) in [5.74, 6) is -0.0221. The monoisotopic (exact) mass is 364 g/mol. The lowest BCUT2D eigenvalue weighted by molar-refractivity contribution is 0.0944. The summed E-state index contributed by atoms with van der Waals surface area (Å²) >= 11 is 0. The van der Waals surface area contributed by atoms with Crippen LogP contribution in [0, 0.1) is 0 Å². The highest BCUT2D eigenvalue weighted by Gasteiger charge is 2.15. The van der Waals surface area contributed by atoms with Gasteiger partial charge in [-0.05, 0) is 42.4 Å². The normalized spacial score (nSPS) is 16.2. The van der Waals surface area contributed by atoms with Crippen LogP contribution in [0.2, 0.25) is 0 Å². The number of aromatic nitrogens is 1. The van der Waals surface area contributed by atoms with Crippen LogP contribution in [0.25, 0.3) is 21.7 Å². The molecule has 0 spiro atoms. The van der Waals surface area contributed by atoms with E-state index in [2.05, 4.69) is 45.2 Å². The van der Waals surface area contributed by atoms with Gasteiger partial charge in [-0.15, -0.1) is 0 Å². The maximum atomic E-state index is 12.5. The quantitative estimate of drug-likeness (QED) is 0.661. The number of piperazine rings is 1. The first kappa shape index (κ1) is 18.0. The first-order chi connectivity index (χ1) is 13.2. The van der Waals surface area contributed by atoms with Crippen LogP contribution >= 0.6 is 0 Å².